The number of rotatable bonds is 6. The molecule has 2 aromatic heterocycles. The van der Waals surface area contributed by atoms with E-state index in [1.54, 1.807) is 30.5 Å². The van der Waals surface area contributed by atoms with Crippen LogP contribution >= 0.6 is 11.6 Å². The number of amides is 1. The van der Waals surface area contributed by atoms with Gasteiger partial charge >= 0.3 is 0 Å². The molecule has 156 valence electrons. The zero-order chi connectivity index (χ0) is 20.9. The molecule has 1 aromatic carbocycles. The van der Waals surface area contributed by atoms with Crippen LogP contribution in [0.4, 0.5) is 0 Å². The van der Waals surface area contributed by atoms with Crippen LogP contribution < -0.4 is 4.74 Å². The lowest BCUT2D eigenvalue weighted by molar-refractivity contribution is 0.0610. The Morgan fingerprint density at radius 2 is 1.93 bits per heavy atom. The second-order valence-electron chi connectivity index (χ2n) is 6.88. The summed E-state index contributed by atoms with van der Waals surface area (Å²) in [5, 5.41) is 4.71. The van der Waals surface area contributed by atoms with Gasteiger partial charge in [-0.1, -0.05) is 16.8 Å². The van der Waals surface area contributed by atoms with Crippen molar-refractivity contribution in [3.63, 3.8) is 0 Å². The Balaban J connectivity index is 1.34. The van der Waals surface area contributed by atoms with E-state index in [1.807, 2.05) is 24.0 Å². The summed E-state index contributed by atoms with van der Waals surface area (Å²) >= 11 is 5.92. The number of ether oxygens (including phenoxy) is 1. The molecule has 8 nitrogen and oxygen atoms in total. The summed E-state index contributed by atoms with van der Waals surface area (Å²) in [6, 6.07) is 10.8. The van der Waals surface area contributed by atoms with Crippen LogP contribution in [0.2, 0.25) is 5.02 Å². The molecular weight excluding hydrogens is 406 g/mol. The van der Waals surface area contributed by atoms with Crippen LogP contribution in [0.3, 0.4) is 0 Å². The highest BCUT2D eigenvalue weighted by molar-refractivity contribution is 6.30. The van der Waals surface area contributed by atoms with Crippen LogP contribution in [0.25, 0.3) is 11.4 Å². The van der Waals surface area contributed by atoms with Gasteiger partial charge < -0.3 is 14.2 Å². The van der Waals surface area contributed by atoms with Gasteiger partial charge in [-0.2, -0.15) is 4.98 Å². The molecule has 30 heavy (non-hydrogen) atoms. The molecule has 0 N–H and O–H groups in total. The van der Waals surface area contributed by atoms with Gasteiger partial charge in [-0.05, 0) is 43.3 Å². The van der Waals surface area contributed by atoms with Crippen LogP contribution in [0.1, 0.15) is 23.2 Å². The van der Waals surface area contributed by atoms with Gasteiger partial charge in [0, 0.05) is 43.0 Å². The maximum absolute atomic E-state index is 12.9. The van der Waals surface area contributed by atoms with Gasteiger partial charge in [0.2, 0.25) is 17.6 Å². The number of pyridine rings is 1. The summed E-state index contributed by atoms with van der Waals surface area (Å²) in [6.07, 6.45) is 1.63. The molecule has 1 amide bonds. The standard InChI is InChI=1S/C21H22ClN5O3/c1-2-29-20-17(4-3-9-23-20)21(28)27-12-10-26(11-13-27)14-18-24-19(25-30-18)15-5-7-16(22)8-6-15/h3-9H,2,10-14H2,1H3. The van der Waals surface area contributed by atoms with Crippen molar-refractivity contribution < 1.29 is 14.1 Å². The second-order valence-corrected chi connectivity index (χ2v) is 7.31. The van der Waals surface area contributed by atoms with E-state index in [0.717, 1.165) is 5.56 Å². The summed E-state index contributed by atoms with van der Waals surface area (Å²) in [6.45, 7) is 5.53. The van der Waals surface area contributed by atoms with Crippen molar-refractivity contribution in [3.05, 3.63) is 59.1 Å². The molecule has 1 saturated heterocycles. The molecule has 1 fully saturated rings. The number of hydrogen-bond acceptors (Lipinski definition) is 7. The molecule has 0 unspecified atom stereocenters. The topological polar surface area (TPSA) is 84.6 Å². The summed E-state index contributed by atoms with van der Waals surface area (Å²) in [5.74, 6) is 1.41. The molecule has 0 spiro atoms. The Morgan fingerprint density at radius 1 is 1.17 bits per heavy atom. The van der Waals surface area contributed by atoms with Crippen molar-refractivity contribution in [2.45, 2.75) is 13.5 Å². The monoisotopic (exact) mass is 427 g/mol. The van der Waals surface area contributed by atoms with Crippen molar-refractivity contribution >= 4 is 17.5 Å². The van der Waals surface area contributed by atoms with Gasteiger partial charge in [0.1, 0.15) is 5.56 Å². The highest BCUT2D eigenvalue weighted by Gasteiger charge is 2.25. The normalized spacial score (nSPS) is 14.7. The van der Waals surface area contributed by atoms with E-state index in [1.165, 1.54) is 0 Å². The van der Waals surface area contributed by atoms with E-state index in [-0.39, 0.29) is 5.91 Å². The summed E-state index contributed by atoms with van der Waals surface area (Å²) < 4.78 is 10.9. The van der Waals surface area contributed by atoms with E-state index < -0.39 is 0 Å². The van der Waals surface area contributed by atoms with E-state index >= 15 is 0 Å². The van der Waals surface area contributed by atoms with Gasteiger partial charge in [-0.25, -0.2) is 4.98 Å². The molecule has 3 heterocycles. The second kappa shape index (κ2) is 9.23. The minimum Gasteiger partial charge on any atom is -0.477 e. The number of carbonyl (C=O) groups is 1. The molecule has 0 saturated carbocycles. The largest absolute Gasteiger partial charge is 0.477 e. The molecular formula is C21H22ClN5O3. The SMILES string of the molecule is CCOc1ncccc1C(=O)N1CCN(Cc2nc(-c3ccc(Cl)cc3)no2)CC1. The Morgan fingerprint density at radius 3 is 2.67 bits per heavy atom. The van der Waals surface area contributed by atoms with E-state index in [0.29, 0.717) is 67.5 Å². The number of aromatic nitrogens is 3. The van der Waals surface area contributed by atoms with Crippen LogP contribution in [0.15, 0.2) is 47.1 Å². The maximum atomic E-state index is 12.9. The molecule has 3 aromatic rings. The lowest BCUT2D eigenvalue weighted by Crippen LogP contribution is -2.48. The average Bonchev–Trinajstić information content (AvgIpc) is 3.23. The minimum absolute atomic E-state index is 0.0611. The van der Waals surface area contributed by atoms with Crippen molar-refractivity contribution in [2.75, 3.05) is 32.8 Å². The van der Waals surface area contributed by atoms with E-state index in [2.05, 4.69) is 20.0 Å². The number of hydrogen-bond donors (Lipinski definition) is 0. The first-order valence-electron chi connectivity index (χ1n) is 9.82. The lowest BCUT2D eigenvalue weighted by Gasteiger charge is -2.34. The van der Waals surface area contributed by atoms with E-state index in [4.69, 9.17) is 20.9 Å². The zero-order valence-corrected chi connectivity index (χ0v) is 17.4. The van der Waals surface area contributed by atoms with Gasteiger partial charge in [0.05, 0.1) is 13.2 Å². The maximum Gasteiger partial charge on any atom is 0.259 e. The molecule has 0 aliphatic carbocycles. The van der Waals surface area contributed by atoms with Crippen molar-refractivity contribution in [3.8, 4) is 17.3 Å². The third kappa shape index (κ3) is 4.60. The molecule has 0 radical (unpaired) electrons. The third-order valence-corrected chi connectivity index (χ3v) is 5.12. The van der Waals surface area contributed by atoms with Gasteiger partial charge in [0.15, 0.2) is 0 Å². The molecule has 0 bridgehead atoms. The fourth-order valence-electron chi connectivity index (χ4n) is 3.31. The Kier molecular flexibility index (Phi) is 6.25. The summed E-state index contributed by atoms with van der Waals surface area (Å²) in [7, 11) is 0. The van der Waals surface area contributed by atoms with Crippen LogP contribution in [0, 0.1) is 0 Å². The predicted molar refractivity (Wildman–Crippen MR) is 111 cm³/mol. The summed E-state index contributed by atoms with van der Waals surface area (Å²) in [4.78, 5) is 25.5. The van der Waals surface area contributed by atoms with Gasteiger partial charge in [0.25, 0.3) is 5.91 Å². The molecule has 1 aliphatic rings. The Labute approximate surface area is 179 Å². The van der Waals surface area contributed by atoms with Gasteiger partial charge in [-0.3, -0.25) is 9.69 Å². The quantitative estimate of drug-likeness (QED) is 0.597. The number of piperazine rings is 1. The molecule has 0 atom stereocenters. The fourth-order valence-corrected chi connectivity index (χ4v) is 3.44. The predicted octanol–water partition coefficient (Wildman–Crippen LogP) is 3.14. The lowest BCUT2D eigenvalue weighted by atomic mass is 10.2. The zero-order valence-electron chi connectivity index (χ0n) is 16.6. The van der Waals surface area contributed by atoms with Crippen molar-refractivity contribution in [2.24, 2.45) is 0 Å². The molecule has 9 heteroatoms. The Bertz CT molecular complexity index is 1000. The number of halogens is 1. The number of carbonyl (C=O) groups excluding carboxylic acids is 1. The third-order valence-electron chi connectivity index (χ3n) is 4.87. The first-order valence-corrected chi connectivity index (χ1v) is 10.2. The van der Waals surface area contributed by atoms with E-state index in [9.17, 15) is 4.79 Å². The Hall–Kier alpha value is -2.97. The van der Waals surface area contributed by atoms with Crippen LogP contribution in [0.5, 0.6) is 5.88 Å². The highest BCUT2D eigenvalue weighted by Crippen LogP contribution is 2.20. The van der Waals surface area contributed by atoms with Crippen molar-refractivity contribution in [1.29, 1.82) is 0 Å². The number of benzene rings is 1. The summed E-state index contributed by atoms with van der Waals surface area (Å²) in [5.41, 5.74) is 1.35. The fraction of sp³-hybridized carbons (Fsp3) is 0.333. The first-order chi connectivity index (χ1) is 14.6. The highest BCUT2D eigenvalue weighted by atomic mass is 35.5. The smallest absolute Gasteiger partial charge is 0.259 e. The van der Waals surface area contributed by atoms with Crippen LogP contribution in [-0.2, 0) is 6.54 Å². The van der Waals surface area contributed by atoms with Crippen LogP contribution in [-0.4, -0.2) is 63.6 Å². The first kappa shape index (κ1) is 20.3. The van der Waals surface area contributed by atoms with Crippen molar-refractivity contribution in [1.82, 2.24) is 24.9 Å². The average molecular weight is 428 g/mol. The molecule has 1 aliphatic heterocycles. The molecule has 4 rings (SSSR count). The van der Waals surface area contributed by atoms with Gasteiger partial charge in [-0.15, -0.1) is 0 Å². The minimum atomic E-state index is -0.0611. The number of nitrogens with zero attached hydrogens (tertiary/aromatic N) is 5.